The highest BCUT2D eigenvalue weighted by Gasteiger charge is 1.99. The Kier molecular flexibility index (Phi) is 2.41. The molecule has 0 spiro atoms. The Labute approximate surface area is 68.6 Å². The van der Waals surface area contributed by atoms with Gasteiger partial charge in [-0.25, -0.2) is 0 Å². The average Bonchev–Trinajstić information content (AvgIpc) is 1.97. The van der Waals surface area contributed by atoms with Crippen LogP contribution in [0.3, 0.4) is 0 Å². The molecule has 0 fully saturated rings. The van der Waals surface area contributed by atoms with Gasteiger partial charge in [-0.1, -0.05) is 6.07 Å². The van der Waals surface area contributed by atoms with Crippen LogP contribution in [0.25, 0.3) is 0 Å². The minimum absolute atomic E-state index is 0.120. The molecule has 0 aromatic heterocycles. The molecule has 2 heteroatoms. The van der Waals surface area contributed by atoms with Crippen LogP contribution in [0.2, 0.25) is 0 Å². The molecule has 0 N–H and O–H groups in total. The maximum Gasteiger partial charge on any atom is 0.192 e. The van der Waals surface area contributed by atoms with Crippen molar-refractivity contribution in [3.05, 3.63) is 28.8 Å². The monoisotopic (exact) mass is 166 g/mol. The van der Waals surface area contributed by atoms with Crippen LogP contribution in [0.15, 0.2) is 12.1 Å². The molecule has 1 nitrogen and oxygen atoms in total. The summed E-state index contributed by atoms with van der Waals surface area (Å²) in [5.41, 5.74) is 3.56. The van der Waals surface area contributed by atoms with Crippen molar-refractivity contribution in [1.82, 2.24) is 0 Å². The van der Waals surface area contributed by atoms with Crippen molar-refractivity contribution in [2.75, 3.05) is 0 Å². The first kappa shape index (κ1) is 8.42. The van der Waals surface area contributed by atoms with Crippen molar-refractivity contribution in [3.8, 4) is 0 Å². The Bertz CT molecular complexity index is 292. The van der Waals surface area contributed by atoms with Gasteiger partial charge < -0.3 is 0 Å². The van der Waals surface area contributed by atoms with E-state index in [4.69, 9.17) is 0 Å². The summed E-state index contributed by atoms with van der Waals surface area (Å²) < 4.78 is 10.6. The van der Waals surface area contributed by atoms with E-state index in [-0.39, 0.29) is 8.46 Å². The van der Waals surface area contributed by atoms with Crippen molar-refractivity contribution in [3.63, 3.8) is 0 Å². The Morgan fingerprint density at radius 2 is 1.55 bits per heavy atom. The third kappa shape index (κ3) is 1.66. The molecular formula is C9H11OP. The van der Waals surface area contributed by atoms with Gasteiger partial charge in [-0.2, -0.15) is 0 Å². The average molecular weight is 166 g/mol. The van der Waals surface area contributed by atoms with E-state index in [1.807, 2.05) is 19.9 Å². The highest BCUT2D eigenvalue weighted by Crippen LogP contribution is 2.10. The summed E-state index contributed by atoms with van der Waals surface area (Å²) in [6, 6.07) is 4.04. The lowest BCUT2D eigenvalue weighted by Crippen LogP contribution is -1.99. The van der Waals surface area contributed by atoms with Crippen molar-refractivity contribution in [2.24, 2.45) is 0 Å². The molecule has 0 radical (unpaired) electrons. The predicted molar refractivity (Wildman–Crippen MR) is 47.9 cm³/mol. The molecule has 0 amide bonds. The fraction of sp³-hybridized carbons (Fsp3) is 0.333. The Balaban J connectivity index is 3.31. The largest absolute Gasteiger partial charge is 0.269 e. The van der Waals surface area contributed by atoms with Gasteiger partial charge in [0.05, 0.1) is 0 Å². The summed E-state index contributed by atoms with van der Waals surface area (Å²) >= 11 is 0. The van der Waals surface area contributed by atoms with Gasteiger partial charge in [0.15, 0.2) is 8.46 Å². The summed E-state index contributed by atoms with van der Waals surface area (Å²) in [6.45, 7) is 6.07. The van der Waals surface area contributed by atoms with Crippen LogP contribution in [-0.2, 0) is 4.57 Å². The van der Waals surface area contributed by atoms with Crippen LogP contribution in [0.4, 0.5) is 0 Å². The summed E-state index contributed by atoms with van der Waals surface area (Å²) in [5, 5.41) is 0.896. The normalized spacial score (nSPS) is 10.5. The zero-order valence-corrected chi connectivity index (χ0v) is 7.90. The molecule has 0 atom stereocenters. The number of hydrogen-bond donors (Lipinski definition) is 0. The summed E-state index contributed by atoms with van der Waals surface area (Å²) in [6.07, 6.45) is 0. The van der Waals surface area contributed by atoms with Gasteiger partial charge in [0.1, 0.15) is 0 Å². The molecule has 0 aliphatic heterocycles. The first-order chi connectivity index (χ1) is 5.15. The fourth-order valence-corrected chi connectivity index (χ4v) is 1.50. The Morgan fingerprint density at radius 3 is 2.09 bits per heavy atom. The molecule has 11 heavy (non-hydrogen) atoms. The molecular weight excluding hydrogens is 155 g/mol. The highest BCUT2D eigenvalue weighted by molar-refractivity contribution is 7.34. The van der Waals surface area contributed by atoms with Crippen LogP contribution in [0.5, 0.6) is 0 Å². The number of rotatable bonds is 1. The minimum atomic E-state index is 0.120. The zero-order chi connectivity index (χ0) is 8.43. The predicted octanol–water partition coefficient (Wildman–Crippen LogP) is 2.53. The van der Waals surface area contributed by atoms with E-state index in [1.165, 1.54) is 11.1 Å². The second kappa shape index (κ2) is 3.15. The molecule has 1 rings (SSSR count). The van der Waals surface area contributed by atoms with E-state index in [9.17, 15) is 4.57 Å². The number of hydrogen-bond acceptors (Lipinski definition) is 1. The summed E-state index contributed by atoms with van der Waals surface area (Å²) in [5.74, 6) is 0. The van der Waals surface area contributed by atoms with Crippen LogP contribution in [0, 0.1) is 20.8 Å². The van der Waals surface area contributed by atoms with E-state index in [2.05, 4.69) is 13.0 Å². The van der Waals surface area contributed by atoms with Crippen LogP contribution < -0.4 is 5.30 Å². The topological polar surface area (TPSA) is 17.1 Å². The maximum atomic E-state index is 10.6. The van der Waals surface area contributed by atoms with E-state index < -0.39 is 0 Å². The quantitative estimate of drug-likeness (QED) is 0.586. The smallest absolute Gasteiger partial charge is 0.192 e. The second-order valence-corrected chi connectivity index (χ2v) is 3.48. The van der Waals surface area contributed by atoms with Gasteiger partial charge in [0.25, 0.3) is 0 Å². The lowest BCUT2D eigenvalue weighted by atomic mass is 10.1. The number of aryl methyl sites for hydroxylation is 3. The van der Waals surface area contributed by atoms with Crippen molar-refractivity contribution in [2.45, 2.75) is 20.8 Å². The van der Waals surface area contributed by atoms with Crippen LogP contribution >= 0.6 is 8.46 Å². The Morgan fingerprint density at radius 1 is 1.00 bits per heavy atom. The van der Waals surface area contributed by atoms with Gasteiger partial charge in [0.2, 0.25) is 0 Å². The molecule has 0 aliphatic carbocycles. The lowest BCUT2D eigenvalue weighted by molar-refractivity contribution is 0.603. The standard InChI is InChI=1S/C9H11OP/c1-6-4-8(3)9(11-10)5-7(6)2/h4-5H,1-3H3. The Hall–Kier alpha value is -0.680. The third-order valence-corrected chi connectivity index (χ3v) is 2.59. The molecule has 58 valence electrons. The van der Waals surface area contributed by atoms with Crippen LogP contribution in [-0.4, -0.2) is 0 Å². The van der Waals surface area contributed by atoms with E-state index in [0.29, 0.717) is 0 Å². The van der Waals surface area contributed by atoms with Crippen molar-refractivity contribution in [1.29, 1.82) is 0 Å². The third-order valence-electron chi connectivity index (χ3n) is 1.91. The molecule has 0 saturated carbocycles. The second-order valence-electron chi connectivity index (χ2n) is 2.81. The molecule has 0 heterocycles. The van der Waals surface area contributed by atoms with Crippen LogP contribution in [0.1, 0.15) is 16.7 Å². The number of benzene rings is 1. The van der Waals surface area contributed by atoms with Gasteiger partial charge in [-0.3, -0.25) is 4.57 Å². The van der Waals surface area contributed by atoms with E-state index in [0.717, 1.165) is 10.9 Å². The highest BCUT2D eigenvalue weighted by atomic mass is 31.1. The summed E-state index contributed by atoms with van der Waals surface area (Å²) in [4.78, 5) is 0. The van der Waals surface area contributed by atoms with Crippen molar-refractivity contribution < 1.29 is 4.57 Å². The first-order valence-electron chi connectivity index (χ1n) is 3.56. The molecule has 1 aromatic carbocycles. The van der Waals surface area contributed by atoms with E-state index in [1.54, 1.807) is 0 Å². The van der Waals surface area contributed by atoms with Gasteiger partial charge in [-0.05, 0) is 43.5 Å². The van der Waals surface area contributed by atoms with Gasteiger partial charge in [-0.15, -0.1) is 0 Å². The molecule has 0 bridgehead atoms. The fourth-order valence-electron chi connectivity index (χ4n) is 1.04. The van der Waals surface area contributed by atoms with Gasteiger partial charge in [0, 0.05) is 5.30 Å². The maximum absolute atomic E-state index is 10.6. The SMILES string of the molecule is Cc1cc(C)c(P=O)cc1C. The molecule has 0 unspecified atom stereocenters. The molecule has 1 aromatic rings. The summed E-state index contributed by atoms with van der Waals surface area (Å²) in [7, 11) is 0.120. The van der Waals surface area contributed by atoms with Crippen molar-refractivity contribution >= 4 is 13.8 Å². The van der Waals surface area contributed by atoms with Gasteiger partial charge >= 0.3 is 0 Å². The molecule has 0 aliphatic rings. The lowest BCUT2D eigenvalue weighted by Gasteiger charge is -2.02. The minimum Gasteiger partial charge on any atom is -0.269 e. The first-order valence-corrected chi connectivity index (χ1v) is 4.37. The molecule has 0 saturated heterocycles. The van der Waals surface area contributed by atoms with E-state index >= 15 is 0 Å². The zero-order valence-electron chi connectivity index (χ0n) is 7.01.